The van der Waals surface area contributed by atoms with E-state index in [1.807, 2.05) is 12.1 Å². The van der Waals surface area contributed by atoms with Crippen molar-refractivity contribution in [2.45, 2.75) is 32.4 Å². The van der Waals surface area contributed by atoms with Crippen LogP contribution < -0.4 is 5.73 Å². The van der Waals surface area contributed by atoms with Crippen LogP contribution in [0.2, 0.25) is 10.0 Å². The maximum atomic E-state index is 6.36. The first-order valence-electron chi connectivity index (χ1n) is 7.73. The first-order valence-corrected chi connectivity index (χ1v) is 8.49. The van der Waals surface area contributed by atoms with Crippen LogP contribution >= 0.6 is 23.2 Å². The Morgan fingerprint density at radius 2 is 2.05 bits per heavy atom. The topological polar surface area (TPSA) is 32.5 Å². The maximum absolute atomic E-state index is 6.36. The Kier molecular flexibility index (Phi) is 6.33. The summed E-state index contributed by atoms with van der Waals surface area (Å²) in [5.74, 6) is 0. The van der Waals surface area contributed by atoms with Crippen LogP contribution in [0.5, 0.6) is 0 Å². The molecule has 0 saturated carbocycles. The molecule has 2 unspecified atom stereocenters. The number of likely N-dealkylation sites (tertiary alicyclic amines) is 1. The van der Waals surface area contributed by atoms with Gasteiger partial charge in [0, 0.05) is 41.8 Å². The van der Waals surface area contributed by atoms with E-state index in [1.54, 1.807) is 6.07 Å². The Hall–Kier alpha value is -0.320. The van der Waals surface area contributed by atoms with Crippen molar-refractivity contribution in [1.29, 1.82) is 0 Å². The van der Waals surface area contributed by atoms with Crippen LogP contribution in [0, 0.1) is 0 Å². The fourth-order valence-electron chi connectivity index (χ4n) is 3.33. The summed E-state index contributed by atoms with van der Waals surface area (Å²) < 4.78 is 0. The monoisotopic (exact) mass is 329 g/mol. The fourth-order valence-corrected chi connectivity index (χ4v) is 3.87. The van der Waals surface area contributed by atoms with Gasteiger partial charge in [0.15, 0.2) is 0 Å². The molecule has 0 bridgehead atoms. The van der Waals surface area contributed by atoms with Gasteiger partial charge in [-0.1, -0.05) is 43.1 Å². The van der Waals surface area contributed by atoms with Gasteiger partial charge >= 0.3 is 0 Å². The van der Waals surface area contributed by atoms with Crippen molar-refractivity contribution in [1.82, 2.24) is 9.80 Å². The Balaban J connectivity index is 2.12. The second kappa shape index (κ2) is 7.80. The SMILES string of the molecule is CCN(CC)C1CCN(C(CN)c2ccc(Cl)cc2Cl)C1. The zero-order valence-electron chi connectivity index (χ0n) is 12.9. The molecule has 0 aliphatic carbocycles. The molecule has 1 aromatic carbocycles. The van der Waals surface area contributed by atoms with Gasteiger partial charge in [-0.2, -0.15) is 0 Å². The van der Waals surface area contributed by atoms with Crippen LogP contribution in [-0.4, -0.2) is 48.6 Å². The molecular formula is C16H25Cl2N3. The third kappa shape index (κ3) is 3.91. The molecule has 5 heteroatoms. The van der Waals surface area contributed by atoms with E-state index in [1.165, 1.54) is 6.42 Å². The first kappa shape index (κ1) is 17.0. The van der Waals surface area contributed by atoms with Gasteiger partial charge in [0.2, 0.25) is 0 Å². The zero-order chi connectivity index (χ0) is 15.4. The predicted molar refractivity (Wildman–Crippen MR) is 91.2 cm³/mol. The van der Waals surface area contributed by atoms with Gasteiger partial charge in [0.25, 0.3) is 0 Å². The lowest BCUT2D eigenvalue weighted by molar-refractivity contribution is 0.190. The van der Waals surface area contributed by atoms with E-state index in [4.69, 9.17) is 28.9 Å². The molecule has 3 nitrogen and oxygen atoms in total. The van der Waals surface area contributed by atoms with Crippen molar-refractivity contribution in [2.24, 2.45) is 5.73 Å². The van der Waals surface area contributed by atoms with E-state index in [9.17, 15) is 0 Å². The Labute approximate surface area is 138 Å². The summed E-state index contributed by atoms with van der Waals surface area (Å²) in [5, 5.41) is 1.38. The molecule has 1 saturated heterocycles. The van der Waals surface area contributed by atoms with E-state index in [0.29, 0.717) is 22.6 Å². The fraction of sp³-hybridized carbons (Fsp3) is 0.625. The number of hydrogen-bond donors (Lipinski definition) is 1. The maximum Gasteiger partial charge on any atom is 0.0485 e. The summed E-state index contributed by atoms with van der Waals surface area (Å²) in [4.78, 5) is 4.98. The molecule has 1 fully saturated rings. The zero-order valence-corrected chi connectivity index (χ0v) is 14.4. The summed E-state index contributed by atoms with van der Waals surface area (Å²) in [5.41, 5.74) is 7.12. The summed E-state index contributed by atoms with van der Waals surface area (Å²) in [6.45, 7) is 9.36. The third-order valence-corrected chi connectivity index (χ3v) is 5.07. The molecule has 2 N–H and O–H groups in total. The number of nitrogens with two attached hydrogens (primary N) is 1. The average Bonchev–Trinajstić information content (AvgIpc) is 2.93. The summed E-state index contributed by atoms with van der Waals surface area (Å²) in [6.07, 6.45) is 1.20. The molecule has 0 amide bonds. The molecule has 0 spiro atoms. The van der Waals surface area contributed by atoms with Gasteiger partial charge in [-0.25, -0.2) is 0 Å². The number of halogens is 2. The molecule has 0 radical (unpaired) electrons. The summed E-state index contributed by atoms with van der Waals surface area (Å²) in [7, 11) is 0. The highest BCUT2D eigenvalue weighted by atomic mass is 35.5. The summed E-state index contributed by atoms with van der Waals surface area (Å²) in [6, 6.07) is 6.51. The highest BCUT2D eigenvalue weighted by Crippen LogP contribution is 2.32. The van der Waals surface area contributed by atoms with Crippen molar-refractivity contribution in [3.05, 3.63) is 33.8 Å². The van der Waals surface area contributed by atoms with Crippen molar-refractivity contribution in [3.63, 3.8) is 0 Å². The molecule has 0 aromatic heterocycles. The summed E-state index contributed by atoms with van der Waals surface area (Å²) >= 11 is 12.3. The van der Waals surface area contributed by atoms with Gasteiger partial charge in [-0.15, -0.1) is 0 Å². The average molecular weight is 330 g/mol. The van der Waals surface area contributed by atoms with Crippen LogP contribution in [0.1, 0.15) is 31.9 Å². The van der Waals surface area contributed by atoms with Crippen molar-refractivity contribution in [2.75, 3.05) is 32.7 Å². The number of nitrogens with zero attached hydrogens (tertiary/aromatic N) is 2. The number of hydrogen-bond acceptors (Lipinski definition) is 3. The van der Waals surface area contributed by atoms with Crippen molar-refractivity contribution in [3.8, 4) is 0 Å². The number of benzene rings is 1. The van der Waals surface area contributed by atoms with E-state index < -0.39 is 0 Å². The Morgan fingerprint density at radius 3 is 2.62 bits per heavy atom. The molecule has 2 rings (SSSR count). The van der Waals surface area contributed by atoms with Gasteiger partial charge in [-0.05, 0) is 37.2 Å². The molecule has 1 aliphatic heterocycles. The van der Waals surface area contributed by atoms with Gasteiger partial charge in [0.1, 0.15) is 0 Å². The smallest absolute Gasteiger partial charge is 0.0485 e. The largest absolute Gasteiger partial charge is 0.329 e. The van der Waals surface area contributed by atoms with E-state index in [-0.39, 0.29) is 6.04 Å². The van der Waals surface area contributed by atoms with E-state index in [2.05, 4.69) is 23.6 Å². The lowest BCUT2D eigenvalue weighted by Crippen LogP contribution is -2.39. The minimum Gasteiger partial charge on any atom is -0.329 e. The lowest BCUT2D eigenvalue weighted by atomic mass is 10.1. The highest BCUT2D eigenvalue weighted by molar-refractivity contribution is 6.35. The van der Waals surface area contributed by atoms with E-state index >= 15 is 0 Å². The van der Waals surface area contributed by atoms with Crippen LogP contribution in [-0.2, 0) is 0 Å². The van der Waals surface area contributed by atoms with Gasteiger partial charge in [-0.3, -0.25) is 9.80 Å². The molecule has 2 atom stereocenters. The second-order valence-electron chi connectivity index (χ2n) is 5.58. The van der Waals surface area contributed by atoms with Crippen LogP contribution in [0.4, 0.5) is 0 Å². The normalized spacial score (nSPS) is 21.1. The van der Waals surface area contributed by atoms with Crippen molar-refractivity contribution >= 4 is 23.2 Å². The van der Waals surface area contributed by atoms with Gasteiger partial charge in [0.05, 0.1) is 0 Å². The number of likely N-dealkylation sites (N-methyl/N-ethyl adjacent to an activating group) is 1. The molecule has 1 aromatic rings. The molecule has 21 heavy (non-hydrogen) atoms. The molecule has 1 aliphatic rings. The Morgan fingerprint density at radius 1 is 1.33 bits per heavy atom. The van der Waals surface area contributed by atoms with Crippen LogP contribution in [0.25, 0.3) is 0 Å². The van der Waals surface area contributed by atoms with Crippen LogP contribution in [0.3, 0.4) is 0 Å². The lowest BCUT2D eigenvalue weighted by Gasteiger charge is -2.30. The predicted octanol–water partition coefficient (Wildman–Crippen LogP) is 3.41. The number of rotatable bonds is 6. The second-order valence-corrected chi connectivity index (χ2v) is 6.42. The van der Waals surface area contributed by atoms with Crippen molar-refractivity contribution < 1.29 is 0 Å². The minimum atomic E-state index is 0.176. The quantitative estimate of drug-likeness (QED) is 0.868. The highest BCUT2D eigenvalue weighted by Gasteiger charge is 2.31. The van der Waals surface area contributed by atoms with Crippen LogP contribution in [0.15, 0.2) is 18.2 Å². The minimum absolute atomic E-state index is 0.176. The molecule has 118 valence electrons. The molecule has 1 heterocycles. The Bertz CT molecular complexity index is 463. The van der Waals surface area contributed by atoms with E-state index in [0.717, 1.165) is 31.7 Å². The third-order valence-electron chi connectivity index (χ3n) is 4.51. The van der Waals surface area contributed by atoms with Gasteiger partial charge < -0.3 is 5.73 Å². The standard InChI is InChI=1S/C16H25Cl2N3/c1-3-20(4-2)13-7-8-21(11-13)16(10-19)14-6-5-12(17)9-15(14)18/h5-6,9,13,16H,3-4,7-8,10-11,19H2,1-2H3. The molecular weight excluding hydrogens is 305 g/mol. The first-order chi connectivity index (χ1) is 10.1.